The maximum atomic E-state index is 12.9. The first-order valence-electron chi connectivity index (χ1n) is 13.1. The van der Waals surface area contributed by atoms with E-state index in [9.17, 15) is 14.7 Å². The van der Waals surface area contributed by atoms with Crippen LogP contribution in [-0.2, 0) is 4.79 Å². The number of carbonyl (C=O) groups excluding carboxylic acids is 2. The molecule has 0 amide bonds. The molecular formula is C32H32N4O3S2. The Morgan fingerprint density at radius 1 is 0.780 bits per heavy atom. The number of phenols is 1. The number of benzene rings is 3. The number of allylic oxidation sites excluding steroid dienone is 2. The van der Waals surface area contributed by atoms with Gasteiger partial charge < -0.3 is 26.0 Å². The summed E-state index contributed by atoms with van der Waals surface area (Å²) in [5, 5.41) is 20.0. The maximum Gasteiger partial charge on any atom is 0.193 e. The van der Waals surface area contributed by atoms with Crippen LogP contribution in [-0.4, -0.2) is 38.8 Å². The van der Waals surface area contributed by atoms with Crippen molar-refractivity contribution in [1.82, 2.24) is 20.9 Å². The van der Waals surface area contributed by atoms with Crippen molar-refractivity contribution < 1.29 is 14.7 Å². The van der Waals surface area contributed by atoms with Crippen molar-refractivity contribution in [3.8, 4) is 5.75 Å². The standard InChI is InChI=1S/C18H16N2O2S.C14H16N2OS/c1-11-15(17(22)13-5-3-2-4-6-13)16(20-18(23)19-11)12-7-9-14(21)10-8-12;1-9-12(10(2)17)13(15-14(18)16(9)3)11-7-5-4-6-8-11/h2-10,16,21H,1H3,(H2,19,20,23);4-8,13H,1-3H3,(H,15,18). The van der Waals surface area contributed by atoms with Gasteiger partial charge in [0.25, 0.3) is 0 Å². The highest BCUT2D eigenvalue weighted by atomic mass is 32.1. The van der Waals surface area contributed by atoms with E-state index in [1.165, 1.54) is 0 Å². The van der Waals surface area contributed by atoms with Gasteiger partial charge in [-0.25, -0.2) is 0 Å². The highest BCUT2D eigenvalue weighted by Gasteiger charge is 2.31. The third-order valence-corrected chi connectivity index (χ3v) is 7.65. The van der Waals surface area contributed by atoms with Crippen LogP contribution < -0.4 is 16.0 Å². The van der Waals surface area contributed by atoms with Crippen molar-refractivity contribution in [2.24, 2.45) is 0 Å². The summed E-state index contributed by atoms with van der Waals surface area (Å²) < 4.78 is 0. The van der Waals surface area contributed by atoms with Crippen LogP contribution in [0.15, 0.2) is 107 Å². The summed E-state index contributed by atoms with van der Waals surface area (Å²) in [4.78, 5) is 26.7. The Hall–Kier alpha value is -4.34. The van der Waals surface area contributed by atoms with Crippen LogP contribution in [0.4, 0.5) is 0 Å². The molecule has 0 saturated heterocycles. The molecule has 2 heterocycles. The number of Topliss-reactive ketones (excluding diaryl/α,β-unsaturated/α-hetero) is 2. The van der Waals surface area contributed by atoms with Crippen LogP contribution >= 0.6 is 24.4 Å². The quantitative estimate of drug-likeness (QED) is 0.230. The van der Waals surface area contributed by atoms with Crippen LogP contribution in [0.2, 0.25) is 0 Å². The van der Waals surface area contributed by atoms with E-state index in [1.54, 1.807) is 43.3 Å². The summed E-state index contributed by atoms with van der Waals surface area (Å²) in [5.74, 6) is 0.203. The van der Waals surface area contributed by atoms with Crippen LogP contribution in [0.3, 0.4) is 0 Å². The summed E-state index contributed by atoms with van der Waals surface area (Å²) in [6.45, 7) is 5.37. The molecule has 0 saturated carbocycles. The molecule has 2 unspecified atom stereocenters. The van der Waals surface area contributed by atoms with Crippen LogP contribution in [0.25, 0.3) is 0 Å². The topological polar surface area (TPSA) is 93.7 Å². The Morgan fingerprint density at radius 2 is 1.32 bits per heavy atom. The number of carbonyl (C=O) groups is 2. The Morgan fingerprint density at radius 3 is 1.90 bits per heavy atom. The second kappa shape index (κ2) is 12.9. The van der Waals surface area contributed by atoms with Crippen LogP contribution in [0.1, 0.15) is 54.3 Å². The molecule has 0 spiro atoms. The summed E-state index contributed by atoms with van der Waals surface area (Å²) in [5.41, 5.74) is 5.60. The van der Waals surface area contributed by atoms with E-state index < -0.39 is 0 Å². The molecule has 2 aliphatic rings. The van der Waals surface area contributed by atoms with Gasteiger partial charge in [-0.05, 0) is 68.5 Å². The molecule has 3 aromatic carbocycles. The van der Waals surface area contributed by atoms with Crippen molar-refractivity contribution >= 4 is 46.2 Å². The lowest BCUT2D eigenvalue weighted by Gasteiger charge is -2.35. The minimum Gasteiger partial charge on any atom is -0.508 e. The van der Waals surface area contributed by atoms with Gasteiger partial charge in [0.2, 0.25) is 0 Å². The molecule has 5 rings (SSSR count). The Kier molecular flexibility index (Phi) is 9.31. The molecule has 4 N–H and O–H groups in total. The zero-order chi connectivity index (χ0) is 29.7. The normalized spacial score (nSPS) is 18.5. The Bertz CT molecular complexity index is 1530. The lowest BCUT2D eigenvalue weighted by molar-refractivity contribution is -0.114. The molecule has 0 radical (unpaired) electrons. The second-order valence-electron chi connectivity index (χ2n) is 9.76. The van der Waals surface area contributed by atoms with E-state index in [0.717, 1.165) is 28.1 Å². The summed E-state index contributed by atoms with van der Waals surface area (Å²) in [7, 11) is 1.87. The average molecular weight is 585 g/mol. The van der Waals surface area contributed by atoms with E-state index in [4.69, 9.17) is 24.4 Å². The summed E-state index contributed by atoms with van der Waals surface area (Å²) in [6, 6.07) is 25.3. The first kappa shape index (κ1) is 29.6. The van der Waals surface area contributed by atoms with Crippen molar-refractivity contribution in [3.05, 3.63) is 124 Å². The summed E-state index contributed by atoms with van der Waals surface area (Å²) in [6.07, 6.45) is 0. The van der Waals surface area contributed by atoms with Crippen molar-refractivity contribution in [2.45, 2.75) is 32.9 Å². The molecule has 3 aromatic rings. The number of hydrogen-bond acceptors (Lipinski definition) is 5. The third-order valence-electron chi connectivity index (χ3n) is 7.04. The van der Waals surface area contributed by atoms with Gasteiger partial charge in [0.05, 0.1) is 12.1 Å². The molecule has 41 heavy (non-hydrogen) atoms. The lowest BCUT2D eigenvalue weighted by Crippen LogP contribution is -2.45. The number of phenolic OH excluding ortho intramolecular Hbond substituents is 1. The largest absolute Gasteiger partial charge is 0.508 e. The first-order chi connectivity index (χ1) is 19.6. The van der Waals surface area contributed by atoms with E-state index in [0.29, 0.717) is 21.4 Å². The molecule has 0 fully saturated rings. The van der Waals surface area contributed by atoms with E-state index in [-0.39, 0.29) is 29.4 Å². The van der Waals surface area contributed by atoms with Gasteiger partial charge >= 0.3 is 0 Å². The van der Waals surface area contributed by atoms with Crippen molar-refractivity contribution in [2.75, 3.05) is 7.05 Å². The molecule has 9 heteroatoms. The number of nitrogens with one attached hydrogen (secondary N) is 3. The molecule has 0 aromatic heterocycles. The molecule has 0 bridgehead atoms. The van der Waals surface area contributed by atoms with Gasteiger partial charge in [0, 0.05) is 35.2 Å². The van der Waals surface area contributed by atoms with Gasteiger partial charge in [-0.15, -0.1) is 0 Å². The number of hydrogen-bond donors (Lipinski definition) is 4. The highest BCUT2D eigenvalue weighted by molar-refractivity contribution is 7.80. The monoisotopic (exact) mass is 584 g/mol. The van der Waals surface area contributed by atoms with Gasteiger partial charge in [0.15, 0.2) is 21.8 Å². The maximum absolute atomic E-state index is 12.9. The fraction of sp³-hybridized carbons (Fsp3) is 0.188. The SMILES string of the molecule is CC(=O)C1=C(C)N(C)C(=S)NC1c1ccccc1.CC1=C(C(=O)c2ccccc2)C(c2ccc(O)cc2)NC(=S)N1. The minimum absolute atomic E-state index is 0.0522. The van der Waals surface area contributed by atoms with Crippen molar-refractivity contribution in [1.29, 1.82) is 0 Å². The fourth-order valence-electron chi connectivity index (χ4n) is 4.84. The Balaban J connectivity index is 0.000000195. The number of nitrogens with zero attached hydrogens (tertiary/aromatic N) is 1. The fourth-order valence-corrected chi connectivity index (χ4v) is 5.37. The van der Waals surface area contributed by atoms with Crippen LogP contribution in [0, 0.1) is 0 Å². The predicted octanol–water partition coefficient (Wildman–Crippen LogP) is 5.48. The smallest absolute Gasteiger partial charge is 0.193 e. The zero-order valence-corrected chi connectivity index (χ0v) is 24.9. The minimum atomic E-state index is -0.350. The van der Waals surface area contributed by atoms with Crippen LogP contribution in [0.5, 0.6) is 5.75 Å². The first-order valence-corrected chi connectivity index (χ1v) is 13.9. The molecule has 2 aliphatic heterocycles. The predicted molar refractivity (Wildman–Crippen MR) is 169 cm³/mol. The zero-order valence-electron chi connectivity index (χ0n) is 23.3. The van der Waals surface area contributed by atoms with Gasteiger partial charge in [-0.3, -0.25) is 9.59 Å². The van der Waals surface area contributed by atoms with Gasteiger partial charge in [0.1, 0.15) is 5.75 Å². The number of aromatic hydroxyl groups is 1. The average Bonchev–Trinajstić information content (AvgIpc) is 2.96. The molecule has 0 aliphatic carbocycles. The van der Waals surface area contributed by atoms with Crippen molar-refractivity contribution in [3.63, 3.8) is 0 Å². The highest BCUT2D eigenvalue weighted by Crippen LogP contribution is 2.31. The van der Waals surface area contributed by atoms with Gasteiger partial charge in [-0.1, -0.05) is 72.8 Å². The molecule has 7 nitrogen and oxygen atoms in total. The van der Waals surface area contributed by atoms with E-state index >= 15 is 0 Å². The number of rotatable bonds is 5. The lowest BCUT2D eigenvalue weighted by atomic mass is 9.90. The Labute approximate surface area is 251 Å². The third kappa shape index (κ3) is 6.70. The molecule has 210 valence electrons. The summed E-state index contributed by atoms with van der Waals surface area (Å²) >= 11 is 10.5. The van der Waals surface area contributed by atoms with E-state index in [2.05, 4.69) is 16.0 Å². The molecular weight excluding hydrogens is 553 g/mol. The van der Waals surface area contributed by atoms with E-state index in [1.807, 2.05) is 74.3 Å². The second-order valence-corrected chi connectivity index (χ2v) is 10.6. The molecule has 2 atom stereocenters. The number of thiocarbonyl (C=S) groups is 2. The van der Waals surface area contributed by atoms with Gasteiger partial charge in [-0.2, -0.15) is 0 Å². The number of ketones is 2.